The number of rotatable bonds is 4. The highest BCUT2D eigenvalue weighted by Gasteiger charge is 2.31. The molecule has 94 valence electrons. The van der Waals surface area contributed by atoms with E-state index in [4.69, 9.17) is 5.73 Å². The van der Waals surface area contributed by atoms with Crippen molar-refractivity contribution in [3.05, 3.63) is 35.9 Å². The van der Waals surface area contributed by atoms with Gasteiger partial charge in [-0.3, -0.25) is 4.90 Å². The Bertz CT molecular complexity index is 345. The van der Waals surface area contributed by atoms with Crippen LogP contribution in [0.2, 0.25) is 0 Å². The van der Waals surface area contributed by atoms with E-state index in [9.17, 15) is 0 Å². The first-order valence-electron chi connectivity index (χ1n) is 6.65. The fourth-order valence-corrected chi connectivity index (χ4v) is 2.74. The van der Waals surface area contributed by atoms with Crippen LogP contribution in [0.15, 0.2) is 30.3 Å². The van der Waals surface area contributed by atoms with Gasteiger partial charge in [-0.2, -0.15) is 0 Å². The Hall–Kier alpha value is -0.860. The molecule has 0 aliphatic carbocycles. The topological polar surface area (TPSA) is 29.3 Å². The highest BCUT2D eigenvalue weighted by molar-refractivity contribution is 5.18. The quantitative estimate of drug-likeness (QED) is 0.865. The molecule has 1 atom stereocenters. The zero-order chi connectivity index (χ0) is 12.3. The molecule has 0 amide bonds. The summed E-state index contributed by atoms with van der Waals surface area (Å²) in [5.41, 5.74) is 7.86. The molecule has 1 aromatic carbocycles. The van der Waals surface area contributed by atoms with Crippen molar-refractivity contribution >= 4 is 0 Å². The Morgan fingerprint density at radius 3 is 2.59 bits per heavy atom. The van der Waals surface area contributed by atoms with Crippen LogP contribution in [0.3, 0.4) is 0 Å². The minimum atomic E-state index is 0.174. The molecule has 2 nitrogen and oxygen atoms in total. The molecule has 1 aliphatic rings. The van der Waals surface area contributed by atoms with Gasteiger partial charge in [0, 0.05) is 18.1 Å². The predicted molar refractivity (Wildman–Crippen MR) is 72.9 cm³/mol. The molecule has 1 saturated heterocycles. The Balaban J connectivity index is 1.86. The third-order valence-corrected chi connectivity index (χ3v) is 4.01. The summed E-state index contributed by atoms with van der Waals surface area (Å²) in [6.45, 7) is 7.03. The molecule has 2 N–H and O–H groups in total. The predicted octanol–water partition coefficient (Wildman–Crippen LogP) is 2.95. The number of nitrogens with two attached hydrogens (primary N) is 1. The largest absolute Gasteiger partial charge is 0.324 e. The third-order valence-electron chi connectivity index (χ3n) is 4.01. The van der Waals surface area contributed by atoms with Gasteiger partial charge < -0.3 is 5.73 Å². The minimum Gasteiger partial charge on any atom is -0.324 e. The Morgan fingerprint density at radius 2 is 2.00 bits per heavy atom. The highest BCUT2D eigenvalue weighted by Crippen LogP contribution is 2.29. The Kier molecular flexibility index (Phi) is 3.85. The van der Waals surface area contributed by atoms with Crippen LogP contribution in [0.5, 0.6) is 0 Å². The SMILES string of the molecule is CC1(C)CCCN1CCC(N)c1ccccc1. The van der Waals surface area contributed by atoms with Crippen molar-refractivity contribution in [1.29, 1.82) is 0 Å². The normalized spacial score (nSPS) is 21.6. The molecular formula is C15H24N2. The van der Waals surface area contributed by atoms with Crippen molar-refractivity contribution in [3.8, 4) is 0 Å². The highest BCUT2D eigenvalue weighted by atomic mass is 15.2. The molecule has 1 unspecified atom stereocenters. The fourth-order valence-electron chi connectivity index (χ4n) is 2.74. The van der Waals surface area contributed by atoms with E-state index in [2.05, 4.69) is 43.0 Å². The zero-order valence-corrected chi connectivity index (χ0v) is 11.0. The molecule has 0 spiro atoms. The van der Waals surface area contributed by atoms with Crippen LogP contribution in [0, 0.1) is 0 Å². The molecule has 2 rings (SSSR count). The average Bonchev–Trinajstić information content (AvgIpc) is 2.66. The molecule has 0 aromatic heterocycles. The van der Waals surface area contributed by atoms with Gasteiger partial charge >= 0.3 is 0 Å². The summed E-state index contributed by atoms with van der Waals surface area (Å²) in [6.07, 6.45) is 3.69. The second-order valence-corrected chi connectivity index (χ2v) is 5.71. The summed E-state index contributed by atoms with van der Waals surface area (Å²) in [4.78, 5) is 2.58. The lowest BCUT2D eigenvalue weighted by Crippen LogP contribution is -2.39. The Morgan fingerprint density at radius 1 is 1.29 bits per heavy atom. The third kappa shape index (κ3) is 3.08. The summed E-state index contributed by atoms with van der Waals surface area (Å²) >= 11 is 0. The van der Waals surface area contributed by atoms with E-state index < -0.39 is 0 Å². The molecule has 17 heavy (non-hydrogen) atoms. The average molecular weight is 232 g/mol. The van der Waals surface area contributed by atoms with Crippen molar-refractivity contribution in [2.45, 2.75) is 44.7 Å². The van der Waals surface area contributed by atoms with Gasteiger partial charge in [-0.25, -0.2) is 0 Å². The Labute approximate surface area is 105 Å². The zero-order valence-electron chi connectivity index (χ0n) is 11.0. The molecule has 1 aromatic rings. The van der Waals surface area contributed by atoms with Gasteiger partial charge in [0.15, 0.2) is 0 Å². The van der Waals surface area contributed by atoms with Gasteiger partial charge in [0.2, 0.25) is 0 Å². The number of likely N-dealkylation sites (tertiary alicyclic amines) is 1. The van der Waals surface area contributed by atoms with Gasteiger partial charge in [0.1, 0.15) is 0 Å². The number of hydrogen-bond acceptors (Lipinski definition) is 2. The van der Waals surface area contributed by atoms with E-state index in [1.54, 1.807) is 0 Å². The molecule has 2 heteroatoms. The molecule has 1 aliphatic heterocycles. The maximum absolute atomic E-state index is 6.24. The van der Waals surface area contributed by atoms with Crippen LogP contribution >= 0.6 is 0 Å². The smallest absolute Gasteiger partial charge is 0.0307 e. The lowest BCUT2D eigenvalue weighted by Gasteiger charge is -2.32. The molecule has 0 saturated carbocycles. The monoisotopic (exact) mass is 232 g/mol. The van der Waals surface area contributed by atoms with Gasteiger partial charge in [-0.1, -0.05) is 30.3 Å². The van der Waals surface area contributed by atoms with Crippen LogP contribution < -0.4 is 5.73 Å². The number of hydrogen-bond donors (Lipinski definition) is 1. The minimum absolute atomic E-state index is 0.174. The molecule has 1 fully saturated rings. The van der Waals surface area contributed by atoms with E-state index >= 15 is 0 Å². The van der Waals surface area contributed by atoms with Crippen molar-refractivity contribution in [2.24, 2.45) is 5.73 Å². The van der Waals surface area contributed by atoms with Crippen LogP contribution in [-0.2, 0) is 0 Å². The summed E-state index contributed by atoms with van der Waals surface area (Å²) in [6, 6.07) is 10.6. The van der Waals surface area contributed by atoms with E-state index in [0.29, 0.717) is 5.54 Å². The van der Waals surface area contributed by atoms with Crippen molar-refractivity contribution in [2.75, 3.05) is 13.1 Å². The van der Waals surface area contributed by atoms with E-state index in [0.717, 1.165) is 13.0 Å². The van der Waals surface area contributed by atoms with Crippen LogP contribution in [0.1, 0.15) is 44.7 Å². The lowest BCUT2D eigenvalue weighted by atomic mass is 10.0. The maximum atomic E-state index is 6.24. The van der Waals surface area contributed by atoms with Crippen LogP contribution in [0.4, 0.5) is 0 Å². The number of benzene rings is 1. The standard InChI is InChI=1S/C15H24N2/c1-15(2)10-6-11-17(15)12-9-14(16)13-7-4-3-5-8-13/h3-5,7-8,14H,6,9-12,16H2,1-2H3. The van der Waals surface area contributed by atoms with Crippen molar-refractivity contribution in [3.63, 3.8) is 0 Å². The first kappa shape index (κ1) is 12.6. The first-order valence-corrected chi connectivity index (χ1v) is 6.65. The molecule has 0 bridgehead atoms. The van der Waals surface area contributed by atoms with Gasteiger partial charge in [0.05, 0.1) is 0 Å². The summed E-state index contributed by atoms with van der Waals surface area (Å²) in [7, 11) is 0. The maximum Gasteiger partial charge on any atom is 0.0307 e. The second-order valence-electron chi connectivity index (χ2n) is 5.71. The summed E-state index contributed by atoms with van der Waals surface area (Å²) in [5, 5.41) is 0. The van der Waals surface area contributed by atoms with Crippen molar-refractivity contribution < 1.29 is 0 Å². The van der Waals surface area contributed by atoms with Gasteiger partial charge in [-0.15, -0.1) is 0 Å². The lowest BCUT2D eigenvalue weighted by molar-refractivity contribution is 0.169. The first-order chi connectivity index (χ1) is 8.09. The number of nitrogens with zero attached hydrogens (tertiary/aromatic N) is 1. The summed E-state index contributed by atoms with van der Waals surface area (Å²) < 4.78 is 0. The molecule has 0 radical (unpaired) electrons. The van der Waals surface area contributed by atoms with Crippen molar-refractivity contribution in [1.82, 2.24) is 4.90 Å². The van der Waals surface area contributed by atoms with E-state index in [1.807, 2.05) is 6.07 Å². The molecular weight excluding hydrogens is 208 g/mol. The molecule has 1 heterocycles. The van der Waals surface area contributed by atoms with Gasteiger partial charge in [-0.05, 0) is 45.2 Å². The second kappa shape index (κ2) is 5.19. The van der Waals surface area contributed by atoms with Crippen LogP contribution in [-0.4, -0.2) is 23.5 Å². The van der Waals surface area contributed by atoms with E-state index in [1.165, 1.54) is 24.9 Å². The van der Waals surface area contributed by atoms with Gasteiger partial charge in [0.25, 0.3) is 0 Å². The fraction of sp³-hybridized carbons (Fsp3) is 0.600. The summed E-state index contributed by atoms with van der Waals surface area (Å²) in [5.74, 6) is 0. The van der Waals surface area contributed by atoms with E-state index in [-0.39, 0.29) is 6.04 Å². The van der Waals surface area contributed by atoms with Crippen LogP contribution in [0.25, 0.3) is 0 Å².